The van der Waals surface area contributed by atoms with Crippen molar-refractivity contribution < 1.29 is 0 Å². The molecule has 1 heterocycles. The Kier molecular flexibility index (Phi) is 3.58. The fourth-order valence-corrected chi connectivity index (χ4v) is 0.800. The van der Waals surface area contributed by atoms with E-state index in [1.54, 1.807) is 36.7 Å². The molecule has 1 aromatic rings. The first-order valence-corrected chi connectivity index (χ1v) is 4.02. The van der Waals surface area contributed by atoms with Crippen molar-refractivity contribution in [1.82, 2.24) is 4.98 Å². The SMILES string of the molecule is N#CC(N)=C(C#N)N=Cc1ccncc1. The van der Waals surface area contributed by atoms with Gasteiger partial charge in [-0.05, 0) is 17.7 Å². The van der Waals surface area contributed by atoms with Gasteiger partial charge in [-0.15, -0.1) is 0 Å². The van der Waals surface area contributed by atoms with Crippen LogP contribution < -0.4 is 5.73 Å². The number of aromatic nitrogens is 1. The van der Waals surface area contributed by atoms with Gasteiger partial charge in [0.2, 0.25) is 0 Å². The molecule has 0 atom stereocenters. The fraction of sp³-hybridized carbons (Fsp3) is 0. The number of allylic oxidation sites excluding steroid dienone is 2. The Morgan fingerprint density at radius 3 is 2.53 bits per heavy atom. The van der Waals surface area contributed by atoms with Crippen LogP contribution in [0.1, 0.15) is 5.56 Å². The second-order valence-corrected chi connectivity index (χ2v) is 2.52. The van der Waals surface area contributed by atoms with E-state index in [1.807, 2.05) is 0 Å². The molecule has 0 aliphatic rings. The van der Waals surface area contributed by atoms with E-state index in [4.69, 9.17) is 16.3 Å². The number of nitrogens with two attached hydrogens (primary N) is 1. The first kappa shape index (κ1) is 10.4. The highest BCUT2D eigenvalue weighted by Gasteiger charge is 1.98. The minimum atomic E-state index is -0.192. The Morgan fingerprint density at radius 2 is 2.00 bits per heavy atom. The topological polar surface area (TPSA) is 98.8 Å². The quantitative estimate of drug-likeness (QED) is 0.557. The van der Waals surface area contributed by atoms with Crippen LogP contribution in [-0.2, 0) is 0 Å². The molecule has 2 N–H and O–H groups in total. The van der Waals surface area contributed by atoms with Crippen molar-refractivity contribution in [3.05, 3.63) is 41.5 Å². The Balaban J connectivity index is 2.93. The molecule has 0 spiro atoms. The average Bonchev–Trinajstić information content (AvgIpc) is 2.31. The summed E-state index contributed by atoms with van der Waals surface area (Å²) in [5.74, 6) is 0. The molecular formula is C10H7N5. The van der Waals surface area contributed by atoms with Crippen molar-refractivity contribution in [1.29, 1.82) is 10.5 Å². The van der Waals surface area contributed by atoms with Crippen molar-refractivity contribution >= 4 is 6.21 Å². The zero-order chi connectivity index (χ0) is 11.1. The van der Waals surface area contributed by atoms with Crippen LogP contribution in [0.15, 0.2) is 40.9 Å². The first-order valence-electron chi connectivity index (χ1n) is 4.02. The Hall–Kier alpha value is -2.66. The van der Waals surface area contributed by atoms with Gasteiger partial charge in [0.25, 0.3) is 0 Å². The van der Waals surface area contributed by atoms with E-state index in [0.717, 1.165) is 5.56 Å². The normalized spacial score (nSPS) is 11.6. The average molecular weight is 197 g/mol. The minimum absolute atomic E-state index is 0.0886. The maximum absolute atomic E-state index is 8.64. The molecule has 0 aliphatic carbocycles. The zero-order valence-corrected chi connectivity index (χ0v) is 7.75. The molecule has 0 saturated heterocycles. The molecule has 0 aromatic carbocycles. The number of hydrogen-bond donors (Lipinski definition) is 1. The molecule has 72 valence electrons. The monoisotopic (exact) mass is 197 g/mol. The van der Waals surface area contributed by atoms with Crippen molar-refractivity contribution in [2.45, 2.75) is 0 Å². The largest absolute Gasteiger partial charge is 0.388 e. The van der Waals surface area contributed by atoms with E-state index in [1.165, 1.54) is 6.21 Å². The van der Waals surface area contributed by atoms with Crippen LogP contribution in [0.3, 0.4) is 0 Å². The predicted octanol–water partition coefficient (Wildman–Crippen LogP) is 0.718. The summed E-state index contributed by atoms with van der Waals surface area (Å²) in [6.45, 7) is 0. The first-order chi connectivity index (χ1) is 7.27. The van der Waals surface area contributed by atoms with Crippen LogP contribution in [0.5, 0.6) is 0 Å². The summed E-state index contributed by atoms with van der Waals surface area (Å²) in [6, 6.07) is 6.85. The molecule has 0 unspecified atom stereocenters. The van der Waals surface area contributed by atoms with Gasteiger partial charge < -0.3 is 5.73 Å². The lowest BCUT2D eigenvalue weighted by molar-refractivity contribution is 1.27. The summed E-state index contributed by atoms with van der Waals surface area (Å²) >= 11 is 0. The Bertz CT molecular complexity index is 473. The summed E-state index contributed by atoms with van der Waals surface area (Å²) in [7, 11) is 0. The van der Waals surface area contributed by atoms with E-state index in [9.17, 15) is 0 Å². The van der Waals surface area contributed by atoms with Gasteiger partial charge in [0.1, 0.15) is 17.8 Å². The molecule has 0 amide bonds. The highest BCUT2D eigenvalue weighted by molar-refractivity contribution is 5.80. The minimum Gasteiger partial charge on any atom is -0.388 e. The van der Waals surface area contributed by atoms with Crippen LogP contribution in [0.2, 0.25) is 0 Å². The number of rotatable bonds is 2. The summed E-state index contributed by atoms with van der Waals surface area (Å²) in [6.07, 6.45) is 4.65. The third kappa shape index (κ3) is 2.94. The predicted molar refractivity (Wildman–Crippen MR) is 54.3 cm³/mol. The molecule has 0 bridgehead atoms. The number of nitriles is 2. The highest BCUT2D eigenvalue weighted by Crippen LogP contribution is 2.00. The number of pyridine rings is 1. The third-order valence-corrected chi connectivity index (χ3v) is 1.53. The molecule has 1 aromatic heterocycles. The maximum Gasteiger partial charge on any atom is 0.174 e. The second kappa shape index (κ2) is 5.15. The van der Waals surface area contributed by atoms with Gasteiger partial charge >= 0.3 is 0 Å². The second-order valence-electron chi connectivity index (χ2n) is 2.52. The van der Waals surface area contributed by atoms with Crippen LogP contribution in [0.25, 0.3) is 0 Å². The van der Waals surface area contributed by atoms with Gasteiger partial charge in [0, 0.05) is 18.6 Å². The fourth-order valence-electron chi connectivity index (χ4n) is 0.800. The lowest BCUT2D eigenvalue weighted by Gasteiger charge is -1.91. The van der Waals surface area contributed by atoms with Gasteiger partial charge in [-0.1, -0.05) is 0 Å². The van der Waals surface area contributed by atoms with Crippen molar-refractivity contribution in [2.75, 3.05) is 0 Å². The Morgan fingerprint density at radius 1 is 1.33 bits per heavy atom. The van der Waals surface area contributed by atoms with Gasteiger partial charge in [-0.25, -0.2) is 4.99 Å². The van der Waals surface area contributed by atoms with Gasteiger partial charge in [0.15, 0.2) is 5.70 Å². The summed E-state index contributed by atoms with van der Waals surface area (Å²) in [5, 5.41) is 17.1. The van der Waals surface area contributed by atoms with E-state index >= 15 is 0 Å². The van der Waals surface area contributed by atoms with E-state index in [-0.39, 0.29) is 11.4 Å². The van der Waals surface area contributed by atoms with Gasteiger partial charge in [-0.2, -0.15) is 10.5 Å². The van der Waals surface area contributed by atoms with Crippen LogP contribution in [-0.4, -0.2) is 11.2 Å². The number of nitrogens with zero attached hydrogens (tertiary/aromatic N) is 4. The van der Waals surface area contributed by atoms with Crippen molar-refractivity contribution in [3.8, 4) is 12.1 Å². The van der Waals surface area contributed by atoms with E-state index in [0.29, 0.717) is 0 Å². The lowest BCUT2D eigenvalue weighted by atomic mass is 10.3. The van der Waals surface area contributed by atoms with Crippen LogP contribution in [0.4, 0.5) is 0 Å². The summed E-state index contributed by atoms with van der Waals surface area (Å²) in [4.78, 5) is 7.63. The molecule has 1 rings (SSSR count). The van der Waals surface area contributed by atoms with Gasteiger partial charge in [-0.3, -0.25) is 4.98 Å². The smallest absolute Gasteiger partial charge is 0.174 e. The number of aliphatic imine (C=N–C) groups is 1. The van der Waals surface area contributed by atoms with Crippen LogP contribution in [0, 0.1) is 22.7 Å². The zero-order valence-electron chi connectivity index (χ0n) is 7.75. The van der Waals surface area contributed by atoms with Crippen LogP contribution >= 0.6 is 0 Å². The molecule has 5 nitrogen and oxygen atoms in total. The summed E-state index contributed by atoms with van der Waals surface area (Å²) < 4.78 is 0. The molecule has 0 fully saturated rings. The maximum atomic E-state index is 8.64. The Labute approximate surface area is 86.8 Å². The molecule has 0 aliphatic heterocycles. The van der Waals surface area contributed by atoms with E-state index in [2.05, 4.69) is 9.98 Å². The lowest BCUT2D eigenvalue weighted by Crippen LogP contribution is -1.97. The third-order valence-electron chi connectivity index (χ3n) is 1.53. The molecule has 0 radical (unpaired) electrons. The molecule has 0 saturated carbocycles. The standard InChI is InChI=1S/C10H7N5/c11-5-9(13)10(6-12)15-7-8-1-3-14-4-2-8/h1-4,7H,13H2. The highest BCUT2D eigenvalue weighted by atomic mass is 14.8. The van der Waals surface area contributed by atoms with Crippen molar-refractivity contribution in [3.63, 3.8) is 0 Å². The summed E-state index contributed by atoms with van der Waals surface area (Å²) in [5.41, 5.74) is 5.76. The number of hydrogen-bond acceptors (Lipinski definition) is 5. The van der Waals surface area contributed by atoms with Crippen molar-refractivity contribution in [2.24, 2.45) is 10.7 Å². The van der Waals surface area contributed by atoms with E-state index < -0.39 is 0 Å². The van der Waals surface area contributed by atoms with Gasteiger partial charge in [0.05, 0.1) is 0 Å². The molecule has 5 heteroatoms. The molecule has 15 heavy (non-hydrogen) atoms. The molecular weight excluding hydrogens is 190 g/mol.